The molecule has 0 saturated heterocycles. The van der Waals surface area contributed by atoms with E-state index in [0.717, 1.165) is 25.7 Å². The molecule has 0 spiro atoms. The van der Waals surface area contributed by atoms with Gasteiger partial charge < -0.3 is 9.84 Å². The Hall–Kier alpha value is -1.39. The lowest BCUT2D eigenvalue weighted by atomic mass is 10.1. The fraction of sp³-hybridized carbons (Fsp3) is 0.750. The topological polar surface area (TPSA) is 80.7 Å². The third kappa shape index (κ3) is 10.9. The average molecular weight is 244 g/mol. The minimum absolute atomic E-state index is 0.225. The molecule has 5 nitrogen and oxygen atoms in total. The summed E-state index contributed by atoms with van der Waals surface area (Å²) in [5, 5.41) is 8.33. The molecule has 0 rings (SSSR count). The van der Waals surface area contributed by atoms with E-state index in [1.165, 1.54) is 0 Å². The van der Waals surface area contributed by atoms with E-state index in [-0.39, 0.29) is 19.3 Å². The number of aliphatic carboxylic acids is 1. The molecule has 1 N–H and O–H groups in total. The van der Waals surface area contributed by atoms with E-state index in [1.54, 1.807) is 0 Å². The Bertz CT molecular complexity index is 260. The van der Waals surface area contributed by atoms with Crippen LogP contribution in [-0.2, 0) is 19.1 Å². The largest absolute Gasteiger partial charge is 0.481 e. The Morgan fingerprint density at radius 1 is 0.882 bits per heavy atom. The lowest BCUT2D eigenvalue weighted by Gasteiger charge is -2.02. The lowest BCUT2D eigenvalue weighted by Crippen LogP contribution is -2.13. The molecule has 5 heteroatoms. The second-order valence-electron chi connectivity index (χ2n) is 3.90. The first-order valence-corrected chi connectivity index (χ1v) is 6.01. The first-order valence-electron chi connectivity index (χ1n) is 6.01. The molecule has 0 fully saturated rings. The van der Waals surface area contributed by atoms with E-state index in [9.17, 15) is 14.4 Å². The molecule has 0 aliphatic rings. The van der Waals surface area contributed by atoms with E-state index < -0.39 is 17.9 Å². The van der Waals surface area contributed by atoms with Gasteiger partial charge in [0.05, 0.1) is 12.8 Å². The number of carbonyl (C=O) groups is 3. The van der Waals surface area contributed by atoms with Gasteiger partial charge >= 0.3 is 17.9 Å². The maximum atomic E-state index is 11.1. The van der Waals surface area contributed by atoms with E-state index in [0.29, 0.717) is 6.42 Å². The number of carbonyl (C=O) groups excluding carboxylic acids is 2. The molecule has 0 aromatic heterocycles. The summed E-state index contributed by atoms with van der Waals surface area (Å²) in [4.78, 5) is 32.3. The minimum Gasteiger partial charge on any atom is -0.481 e. The lowest BCUT2D eigenvalue weighted by molar-refractivity contribution is -0.161. The third-order valence-corrected chi connectivity index (χ3v) is 2.26. The Balaban J connectivity index is 3.50. The molecule has 0 saturated carbocycles. The Morgan fingerprint density at radius 3 is 2.06 bits per heavy atom. The molecule has 0 aliphatic carbocycles. The van der Waals surface area contributed by atoms with Crippen LogP contribution in [0.1, 0.15) is 58.3 Å². The summed E-state index contributed by atoms with van der Waals surface area (Å²) in [6.07, 6.45) is 4.70. The Kier molecular flexibility index (Phi) is 9.01. The molecule has 0 amide bonds. The first kappa shape index (κ1) is 15.6. The Morgan fingerprint density at radius 2 is 1.47 bits per heavy atom. The number of carboxylic acids is 1. The number of hydrogen-bond donors (Lipinski definition) is 1. The number of esters is 2. The van der Waals surface area contributed by atoms with Crippen molar-refractivity contribution < 1.29 is 24.2 Å². The van der Waals surface area contributed by atoms with Crippen molar-refractivity contribution in [2.24, 2.45) is 0 Å². The van der Waals surface area contributed by atoms with Crippen molar-refractivity contribution in [1.29, 1.82) is 0 Å². The molecule has 0 radical (unpaired) electrons. The molecule has 0 heterocycles. The molecule has 0 aromatic carbocycles. The van der Waals surface area contributed by atoms with E-state index in [1.807, 2.05) is 0 Å². The summed E-state index contributed by atoms with van der Waals surface area (Å²) in [5.74, 6) is -2.39. The zero-order valence-electron chi connectivity index (χ0n) is 10.2. The van der Waals surface area contributed by atoms with E-state index in [4.69, 9.17) is 5.11 Å². The first-order chi connectivity index (χ1) is 8.06. The predicted octanol–water partition coefficient (Wildman–Crippen LogP) is 2.28. The van der Waals surface area contributed by atoms with Gasteiger partial charge in [0.2, 0.25) is 0 Å². The maximum absolute atomic E-state index is 11.1. The van der Waals surface area contributed by atoms with Crippen molar-refractivity contribution >= 4 is 17.9 Å². The number of carboxylic acid groups (broad SMARTS) is 1. The van der Waals surface area contributed by atoms with E-state index in [2.05, 4.69) is 11.7 Å². The van der Waals surface area contributed by atoms with Crippen LogP contribution in [0.15, 0.2) is 0 Å². The van der Waals surface area contributed by atoms with Crippen molar-refractivity contribution in [2.45, 2.75) is 58.3 Å². The molecule has 0 bridgehead atoms. The second-order valence-corrected chi connectivity index (χ2v) is 3.90. The van der Waals surface area contributed by atoms with Gasteiger partial charge in [0.15, 0.2) is 0 Å². The molecule has 98 valence electrons. The highest BCUT2D eigenvalue weighted by atomic mass is 16.6. The van der Waals surface area contributed by atoms with Crippen LogP contribution >= 0.6 is 0 Å². The van der Waals surface area contributed by atoms with Gasteiger partial charge in [-0.05, 0) is 6.42 Å². The van der Waals surface area contributed by atoms with Gasteiger partial charge in [-0.3, -0.25) is 14.4 Å². The van der Waals surface area contributed by atoms with Gasteiger partial charge in [-0.15, -0.1) is 0 Å². The minimum atomic E-state index is -1.08. The highest BCUT2D eigenvalue weighted by Crippen LogP contribution is 2.06. The van der Waals surface area contributed by atoms with E-state index >= 15 is 0 Å². The summed E-state index contributed by atoms with van der Waals surface area (Å²) in [6.45, 7) is 2.11. The quantitative estimate of drug-likeness (QED) is 0.382. The monoisotopic (exact) mass is 244 g/mol. The normalized spacial score (nSPS) is 9.94. The fourth-order valence-electron chi connectivity index (χ4n) is 1.31. The van der Waals surface area contributed by atoms with Crippen LogP contribution in [0, 0.1) is 0 Å². The van der Waals surface area contributed by atoms with Crippen LogP contribution in [0.25, 0.3) is 0 Å². The van der Waals surface area contributed by atoms with Gasteiger partial charge in [-0.25, -0.2) is 0 Å². The summed E-state index contributed by atoms with van der Waals surface area (Å²) in [5.41, 5.74) is 0. The molecule has 0 aromatic rings. The van der Waals surface area contributed by atoms with Crippen LogP contribution < -0.4 is 0 Å². The maximum Gasteiger partial charge on any atom is 0.314 e. The van der Waals surface area contributed by atoms with Crippen LogP contribution in [0.5, 0.6) is 0 Å². The van der Waals surface area contributed by atoms with Crippen LogP contribution in [-0.4, -0.2) is 23.0 Å². The zero-order chi connectivity index (χ0) is 13.1. The number of unbranched alkanes of at least 4 members (excludes halogenated alkanes) is 4. The fourth-order valence-corrected chi connectivity index (χ4v) is 1.31. The van der Waals surface area contributed by atoms with Crippen molar-refractivity contribution in [3.8, 4) is 0 Å². The van der Waals surface area contributed by atoms with Gasteiger partial charge in [-0.2, -0.15) is 0 Å². The SMILES string of the molecule is CCCCCCCC(=O)OC(=O)CCC(=O)O. The zero-order valence-corrected chi connectivity index (χ0v) is 10.2. The van der Waals surface area contributed by atoms with Crippen molar-refractivity contribution in [3.05, 3.63) is 0 Å². The molecular weight excluding hydrogens is 224 g/mol. The molecule has 0 aliphatic heterocycles. The van der Waals surface area contributed by atoms with Crippen molar-refractivity contribution in [2.75, 3.05) is 0 Å². The third-order valence-electron chi connectivity index (χ3n) is 2.26. The van der Waals surface area contributed by atoms with Gasteiger partial charge in [0.1, 0.15) is 0 Å². The van der Waals surface area contributed by atoms with Crippen molar-refractivity contribution in [3.63, 3.8) is 0 Å². The summed E-state index contributed by atoms with van der Waals surface area (Å²) in [7, 11) is 0. The second kappa shape index (κ2) is 9.81. The predicted molar refractivity (Wildman–Crippen MR) is 61.3 cm³/mol. The summed E-state index contributed by atoms with van der Waals surface area (Å²) in [6, 6.07) is 0. The average Bonchev–Trinajstić information content (AvgIpc) is 2.26. The molecule has 17 heavy (non-hydrogen) atoms. The number of rotatable bonds is 9. The van der Waals surface area contributed by atoms with Crippen LogP contribution in [0.4, 0.5) is 0 Å². The van der Waals surface area contributed by atoms with Gasteiger partial charge in [0.25, 0.3) is 0 Å². The van der Waals surface area contributed by atoms with Crippen molar-refractivity contribution in [1.82, 2.24) is 0 Å². The Labute approximate surface area is 101 Å². The molecule has 0 unspecified atom stereocenters. The highest BCUT2D eigenvalue weighted by molar-refractivity contribution is 5.86. The van der Waals surface area contributed by atoms with Gasteiger partial charge in [0, 0.05) is 6.42 Å². The van der Waals surface area contributed by atoms with Crippen LogP contribution in [0.3, 0.4) is 0 Å². The van der Waals surface area contributed by atoms with Gasteiger partial charge in [-0.1, -0.05) is 32.6 Å². The molecule has 0 atom stereocenters. The highest BCUT2D eigenvalue weighted by Gasteiger charge is 2.11. The summed E-state index contributed by atoms with van der Waals surface area (Å²) >= 11 is 0. The smallest absolute Gasteiger partial charge is 0.314 e. The molecular formula is C12H20O5. The summed E-state index contributed by atoms with van der Waals surface area (Å²) < 4.78 is 4.47. The number of ether oxygens (including phenoxy) is 1. The number of hydrogen-bond acceptors (Lipinski definition) is 4. The standard InChI is InChI=1S/C12H20O5/c1-2-3-4-5-6-7-11(15)17-12(16)9-8-10(13)14/h2-9H2,1H3,(H,13,14). The van der Waals surface area contributed by atoms with Crippen LogP contribution in [0.2, 0.25) is 0 Å².